The molecule has 0 aromatic heterocycles. The van der Waals surface area contributed by atoms with Gasteiger partial charge in [0.25, 0.3) is 0 Å². The Bertz CT molecular complexity index is 398. The quantitative estimate of drug-likeness (QED) is 0.479. The molecule has 0 aromatic rings. The molecule has 0 rings (SSSR count). The molecule has 5 heteroatoms. The Labute approximate surface area is 155 Å². The van der Waals surface area contributed by atoms with Gasteiger partial charge in [0.2, 0.25) is 0 Å². The molecule has 0 aromatic carbocycles. The number of hydrogen-bond donors (Lipinski definition) is 0. The number of carbonyl (C=O) groups excluding carboxylic acids is 2. The van der Waals surface area contributed by atoms with Gasteiger partial charge in [0, 0.05) is 32.0 Å². The first kappa shape index (κ1) is 24.2. The minimum absolute atomic E-state index is 0.000890. The van der Waals surface area contributed by atoms with E-state index in [0.29, 0.717) is 19.1 Å². The van der Waals surface area contributed by atoms with Crippen LogP contribution in [0.3, 0.4) is 0 Å². The van der Waals surface area contributed by atoms with E-state index in [4.69, 9.17) is 4.74 Å². The van der Waals surface area contributed by atoms with Gasteiger partial charge in [0.15, 0.2) is 5.78 Å². The van der Waals surface area contributed by atoms with Crippen LogP contribution < -0.4 is 0 Å². The van der Waals surface area contributed by atoms with Gasteiger partial charge in [0.1, 0.15) is 5.78 Å². The fraction of sp³-hybridized carbons (Fsp3) is 0.900. The Morgan fingerprint density at radius 3 is 2.00 bits per heavy atom. The van der Waals surface area contributed by atoms with Crippen LogP contribution in [0.15, 0.2) is 0 Å². The number of Topliss-reactive ketones (excluding diaryl/α,β-unsaturated/α-hetero) is 2. The van der Waals surface area contributed by atoms with Gasteiger partial charge in [-0.05, 0) is 33.4 Å². The Kier molecular flexibility index (Phi) is 12.2. The summed E-state index contributed by atoms with van der Waals surface area (Å²) in [5, 5.41) is 0. The minimum atomic E-state index is -0.188. The van der Waals surface area contributed by atoms with Crippen LogP contribution in [0.5, 0.6) is 0 Å². The van der Waals surface area contributed by atoms with E-state index in [1.165, 1.54) is 0 Å². The van der Waals surface area contributed by atoms with Crippen molar-refractivity contribution in [2.24, 2.45) is 5.92 Å². The van der Waals surface area contributed by atoms with Crippen molar-refractivity contribution in [1.82, 2.24) is 9.80 Å². The summed E-state index contributed by atoms with van der Waals surface area (Å²) in [5.74, 6) is 0.521. The minimum Gasteiger partial charge on any atom is -0.383 e. The maximum absolute atomic E-state index is 12.5. The number of methoxy groups -OCH3 is 1. The smallest absolute Gasteiger partial charge is 0.154 e. The fourth-order valence-electron chi connectivity index (χ4n) is 3.41. The van der Waals surface area contributed by atoms with E-state index in [9.17, 15) is 9.59 Å². The molecule has 0 N–H and O–H groups in total. The van der Waals surface area contributed by atoms with Crippen LogP contribution in [0.1, 0.15) is 61.3 Å². The van der Waals surface area contributed by atoms with Crippen LogP contribution in [-0.2, 0) is 14.3 Å². The van der Waals surface area contributed by atoms with Gasteiger partial charge in [-0.3, -0.25) is 19.4 Å². The van der Waals surface area contributed by atoms with Gasteiger partial charge >= 0.3 is 0 Å². The molecule has 0 spiro atoms. The number of ketones is 2. The highest BCUT2D eigenvalue weighted by Crippen LogP contribution is 2.14. The molecule has 0 saturated carbocycles. The summed E-state index contributed by atoms with van der Waals surface area (Å²) < 4.78 is 5.30. The summed E-state index contributed by atoms with van der Waals surface area (Å²) in [6, 6.07) is 0.0565. The summed E-state index contributed by atoms with van der Waals surface area (Å²) in [7, 11) is 1.65. The lowest BCUT2D eigenvalue weighted by Gasteiger charge is -2.35. The topological polar surface area (TPSA) is 49.9 Å². The lowest BCUT2D eigenvalue weighted by Crippen LogP contribution is -2.49. The monoisotopic (exact) mass is 356 g/mol. The van der Waals surface area contributed by atoms with Crippen LogP contribution in [-0.4, -0.2) is 72.8 Å². The maximum atomic E-state index is 12.5. The first-order valence-electron chi connectivity index (χ1n) is 9.80. The van der Waals surface area contributed by atoms with Gasteiger partial charge in [-0.15, -0.1) is 0 Å². The molecule has 0 aliphatic rings. The zero-order valence-electron chi connectivity index (χ0n) is 17.7. The second kappa shape index (κ2) is 12.6. The van der Waals surface area contributed by atoms with Crippen molar-refractivity contribution in [2.45, 2.75) is 79.4 Å². The zero-order chi connectivity index (χ0) is 19.6. The molecule has 3 atom stereocenters. The van der Waals surface area contributed by atoms with Crippen molar-refractivity contribution in [1.29, 1.82) is 0 Å². The first-order chi connectivity index (χ1) is 11.7. The van der Waals surface area contributed by atoms with Crippen molar-refractivity contribution < 1.29 is 14.3 Å². The number of likely N-dealkylation sites (N-methyl/N-ethyl adjacent to an activating group) is 2. The van der Waals surface area contributed by atoms with Crippen molar-refractivity contribution in [2.75, 3.05) is 33.4 Å². The molecular formula is C20H40N2O3. The summed E-state index contributed by atoms with van der Waals surface area (Å²) in [4.78, 5) is 29.1. The first-order valence-corrected chi connectivity index (χ1v) is 9.80. The third-order valence-electron chi connectivity index (χ3n) is 5.15. The molecule has 148 valence electrons. The number of nitrogens with zero attached hydrogens (tertiary/aromatic N) is 2. The van der Waals surface area contributed by atoms with Crippen molar-refractivity contribution in [3.05, 3.63) is 0 Å². The third kappa shape index (κ3) is 7.55. The Morgan fingerprint density at radius 2 is 1.60 bits per heavy atom. The third-order valence-corrected chi connectivity index (χ3v) is 5.15. The van der Waals surface area contributed by atoms with Gasteiger partial charge in [-0.2, -0.15) is 0 Å². The molecule has 3 unspecified atom stereocenters. The van der Waals surface area contributed by atoms with Crippen LogP contribution in [0, 0.1) is 5.92 Å². The largest absolute Gasteiger partial charge is 0.383 e. The average Bonchev–Trinajstić information content (AvgIpc) is 2.60. The number of hydrogen-bond acceptors (Lipinski definition) is 5. The summed E-state index contributed by atoms with van der Waals surface area (Å²) >= 11 is 0. The van der Waals surface area contributed by atoms with E-state index in [2.05, 4.69) is 30.6 Å². The molecule has 0 bridgehead atoms. The molecule has 0 fully saturated rings. The highest BCUT2D eigenvalue weighted by Gasteiger charge is 2.28. The van der Waals surface area contributed by atoms with Crippen molar-refractivity contribution in [3.8, 4) is 0 Å². The van der Waals surface area contributed by atoms with Crippen LogP contribution in [0.2, 0.25) is 0 Å². The number of ether oxygens (including phenoxy) is 1. The molecule has 5 nitrogen and oxygen atoms in total. The van der Waals surface area contributed by atoms with Crippen molar-refractivity contribution in [3.63, 3.8) is 0 Å². The lowest BCUT2D eigenvalue weighted by molar-refractivity contribution is -0.129. The van der Waals surface area contributed by atoms with E-state index in [1.807, 2.05) is 27.7 Å². The van der Waals surface area contributed by atoms with E-state index < -0.39 is 0 Å². The molecule has 0 amide bonds. The SMILES string of the molecule is CCC(=O)C(C)N(CC)C(C)CCN(CC)C(COC)C(=O)C(C)C. The maximum Gasteiger partial charge on any atom is 0.154 e. The summed E-state index contributed by atoms with van der Waals surface area (Å²) in [5.41, 5.74) is 0. The molecule has 0 heterocycles. The highest BCUT2D eigenvalue weighted by molar-refractivity contribution is 5.85. The molecule has 0 radical (unpaired) electrons. The molecule has 0 aliphatic heterocycles. The van der Waals surface area contributed by atoms with Gasteiger partial charge < -0.3 is 4.74 Å². The lowest BCUT2D eigenvalue weighted by atomic mass is 10.00. The van der Waals surface area contributed by atoms with E-state index in [0.717, 1.165) is 26.1 Å². The Morgan fingerprint density at radius 1 is 1.00 bits per heavy atom. The second-order valence-corrected chi connectivity index (χ2v) is 7.12. The average molecular weight is 357 g/mol. The Balaban J connectivity index is 4.95. The Hall–Kier alpha value is -0.780. The molecule has 0 aliphatic carbocycles. The van der Waals surface area contributed by atoms with E-state index >= 15 is 0 Å². The summed E-state index contributed by atoms with van der Waals surface area (Å²) in [6.45, 7) is 17.1. The highest BCUT2D eigenvalue weighted by atomic mass is 16.5. The molecule has 25 heavy (non-hydrogen) atoms. The number of rotatable bonds is 14. The predicted octanol–water partition coefficient (Wildman–Crippen LogP) is 3.02. The summed E-state index contributed by atoms with van der Waals surface area (Å²) in [6.07, 6.45) is 1.50. The zero-order valence-corrected chi connectivity index (χ0v) is 17.7. The van der Waals surface area contributed by atoms with Crippen LogP contribution in [0.25, 0.3) is 0 Å². The molecule has 0 saturated heterocycles. The molecular weight excluding hydrogens is 316 g/mol. The van der Waals surface area contributed by atoms with Crippen LogP contribution in [0.4, 0.5) is 0 Å². The van der Waals surface area contributed by atoms with Crippen molar-refractivity contribution >= 4 is 11.6 Å². The van der Waals surface area contributed by atoms with Gasteiger partial charge in [-0.25, -0.2) is 0 Å². The van der Waals surface area contributed by atoms with Gasteiger partial charge in [-0.1, -0.05) is 34.6 Å². The predicted molar refractivity (Wildman–Crippen MR) is 104 cm³/mol. The van der Waals surface area contributed by atoms with Crippen LogP contribution >= 0.6 is 0 Å². The van der Waals surface area contributed by atoms with E-state index in [-0.39, 0.29) is 29.6 Å². The fourth-order valence-corrected chi connectivity index (χ4v) is 3.41. The number of carbonyl (C=O) groups is 2. The standard InChI is InChI=1S/C20H40N2O3/c1-9-19(23)17(7)22(11-3)16(6)12-13-21(10-2)18(14-25-8)20(24)15(4)5/h15-18H,9-14H2,1-8H3. The second-order valence-electron chi connectivity index (χ2n) is 7.12. The van der Waals surface area contributed by atoms with E-state index in [1.54, 1.807) is 7.11 Å². The normalized spacial score (nSPS) is 15.6. The van der Waals surface area contributed by atoms with Gasteiger partial charge in [0.05, 0.1) is 18.7 Å².